The van der Waals surface area contributed by atoms with Gasteiger partial charge in [0, 0.05) is 0 Å². The van der Waals surface area contributed by atoms with Crippen molar-refractivity contribution in [3.63, 3.8) is 0 Å². The highest BCUT2D eigenvalue weighted by molar-refractivity contribution is 5.68. The van der Waals surface area contributed by atoms with E-state index in [2.05, 4.69) is 15.4 Å². The average Bonchev–Trinajstić information content (AvgIpc) is 2.34. The number of carboxylic acid groups (broad SMARTS) is 1. The number of hydrogen-bond acceptors (Lipinski definition) is 6. The second kappa shape index (κ2) is 2.86. The van der Waals surface area contributed by atoms with Crippen LogP contribution >= 0.6 is 0 Å². The number of aromatic nitrogens is 4. The summed E-state index contributed by atoms with van der Waals surface area (Å²) in [5, 5.41) is 19.8. The molecule has 7 nitrogen and oxygen atoms in total. The smallest absolute Gasteiger partial charge is 0.237 e. The molecule has 0 amide bonds. The van der Waals surface area contributed by atoms with Gasteiger partial charge in [-0.2, -0.15) is 4.80 Å². The van der Waals surface area contributed by atoms with Crippen molar-refractivity contribution in [3.8, 4) is 0 Å². The second-order valence-electron chi connectivity index (χ2n) is 1.67. The van der Waals surface area contributed by atoms with E-state index in [-0.39, 0.29) is 5.82 Å². The first-order valence-electron chi connectivity index (χ1n) is 2.65. The average molecular weight is 155 g/mol. The SMILES string of the molecule is O=Cc1nnn(CC(=O)[O-])n1. The molecule has 0 saturated carbocycles. The molecule has 7 heteroatoms. The van der Waals surface area contributed by atoms with Crippen LogP contribution in [0, 0.1) is 0 Å². The number of aliphatic carboxylic acids is 1. The molecule has 1 rings (SSSR count). The molecular formula is C4H3N4O3-. The van der Waals surface area contributed by atoms with Gasteiger partial charge in [0.2, 0.25) is 5.82 Å². The summed E-state index contributed by atoms with van der Waals surface area (Å²) in [5.74, 6) is -1.48. The molecule has 1 aromatic rings. The third-order valence-corrected chi connectivity index (χ3v) is 0.844. The van der Waals surface area contributed by atoms with E-state index in [1.165, 1.54) is 0 Å². The van der Waals surface area contributed by atoms with Crippen LogP contribution in [-0.4, -0.2) is 32.5 Å². The molecule has 0 aromatic carbocycles. The lowest BCUT2D eigenvalue weighted by Crippen LogP contribution is -2.28. The van der Waals surface area contributed by atoms with E-state index < -0.39 is 12.5 Å². The number of aldehydes is 1. The summed E-state index contributed by atoms with van der Waals surface area (Å²) in [6, 6.07) is 0. The van der Waals surface area contributed by atoms with Crippen LogP contribution in [-0.2, 0) is 11.3 Å². The van der Waals surface area contributed by atoms with Gasteiger partial charge in [0.25, 0.3) is 0 Å². The first kappa shape index (κ1) is 7.32. The Morgan fingerprint density at radius 2 is 2.45 bits per heavy atom. The lowest BCUT2D eigenvalue weighted by molar-refractivity contribution is -0.307. The van der Waals surface area contributed by atoms with E-state index in [4.69, 9.17) is 0 Å². The first-order chi connectivity index (χ1) is 5.22. The van der Waals surface area contributed by atoms with Gasteiger partial charge >= 0.3 is 0 Å². The molecule has 0 bridgehead atoms. The number of nitrogens with zero attached hydrogens (tertiary/aromatic N) is 4. The Hall–Kier alpha value is -1.79. The van der Waals surface area contributed by atoms with Gasteiger partial charge in [0.1, 0.15) is 6.54 Å². The van der Waals surface area contributed by atoms with Crippen molar-refractivity contribution in [2.45, 2.75) is 6.54 Å². The topological polar surface area (TPSA) is 101 Å². The van der Waals surface area contributed by atoms with Crippen LogP contribution in [0.3, 0.4) is 0 Å². The molecule has 1 heterocycles. The Balaban J connectivity index is 2.72. The maximum atomic E-state index is 9.96. The predicted octanol–water partition coefficient (Wildman–Crippen LogP) is -2.76. The quantitative estimate of drug-likeness (QED) is 0.438. The molecule has 0 aliphatic rings. The van der Waals surface area contributed by atoms with E-state index in [1.54, 1.807) is 0 Å². The van der Waals surface area contributed by atoms with Gasteiger partial charge in [-0.1, -0.05) is 0 Å². The molecule has 0 fully saturated rings. The summed E-state index contributed by atoms with van der Waals surface area (Å²) in [4.78, 5) is 20.7. The number of hydrogen-bond donors (Lipinski definition) is 0. The highest BCUT2D eigenvalue weighted by Crippen LogP contribution is 1.79. The van der Waals surface area contributed by atoms with E-state index in [0.29, 0.717) is 6.29 Å². The lowest BCUT2D eigenvalue weighted by atomic mass is 10.7. The molecule has 11 heavy (non-hydrogen) atoms. The summed E-state index contributed by atoms with van der Waals surface area (Å²) >= 11 is 0. The summed E-state index contributed by atoms with van der Waals surface area (Å²) in [5.41, 5.74) is 0. The van der Waals surface area contributed by atoms with Gasteiger partial charge in [-0.3, -0.25) is 4.79 Å². The molecule has 0 saturated heterocycles. The minimum atomic E-state index is -1.33. The Bertz CT molecular complexity index is 281. The van der Waals surface area contributed by atoms with Crippen LogP contribution in [0.2, 0.25) is 0 Å². The third-order valence-electron chi connectivity index (χ3n) is 0.844. The minimum absolute atomic E-state index is 0.147. The fraction of sp³-hybridized carbons (Fsp3) is 0.250. The monoisotopic (exact) mass is 155 g/mol. The Morgan fingerprint density at radius 3 is 2.91 bits per heavy atom. The fourth-order valence-corrected chi connectivity index (χ4v) is 0.485. The molecule has 58 valence electrons. The van der Waals surface area contributed by atoms with Crippen LogP contribution in [0.5, 0.6) is 0 Å². The van der Waals surface area contributed by atoms with E-state index >= 15 is 0 Å². The second-order valence-corrected chi connectivity index (χ2v) is 1.67. The lowest BCUT2D eigenvalue weighted by Gasteiger charge is -1.96. The highest BCUT2D eigenvalue weighted by Gasteiger charge is 1.99. The summed E-state index contributed by atoms with van der Waals surface area (Å²) in [6.45, 7) is -0.499. The third kappa shape index (κ3) is 1.81. The van der Waals surface area contributed by atoms with Crippen molar-refractivity contribution in [1.29, 1.82) is 0 Å². The summed E-state index contributed by atoms with van der Waals surface area (Å²) in [6.07, 6.45) is 0.374. The zero-order valence-corrected chi connectivity index (χ0v) is 5.30. The number of rotatable bonds is 3. The highest BCUT2D eigenvalue weighted by atomic mass is 16.4. The Morgan fingerprint density at radius 1 is 1.73 bits per heavy atom. The van der Waals surface area contributed by atoms with Crippen molar-refractivity contribution < 1.29 is 14.7 Å². The molecule has 1 aromatic heterocycles. The van der Waals surface area contributed by atoms with Crippen LogP contribution < -0.4 is 5.11 Å². The summed E-state index contributed by atoms with van der Waals surface area (Å²) in [7, 11) is 0. The maximum absolute atomic E-state index is 9.96. The van der Waals surface area contributed by atoms with Gasteiger partial charge in [-0.15, -0.1) is 10.2 Å². The molecule has 0 unspecified atom stereocenters. The largest absolute Gasteiger partial charge is 0.548 e. The van der Waals surface area contributed by atoms with Crippen molar-refractivity contribution in [3.05, 3.63) is 5.82 Å². The molecular weight excluding hydrogens is 152 g/mol. The van der Waals surface area contributed by atoms with E-state index in [1.807, 2.05) is 0 Å². The number of carbonyl (C=O) groups excluding carboxylic acids is 2. The normalized spacial score (nSPS) is 9.45. The van der Waals surface area contributed by atoms with E-state index in [9.17, 15) is 14.7 Å². The van der Waals surface area contributed by atoms with Gasteiger partial charge in [0.15, 0.2) is 6.29 Å². The van der Waals surface area contributed by atoms with E-state index in [0.717, 1.165) is 4.80 Å². The van der Waals surface area contributed by atoms with Gasteiger partial charge in [-0.25, -0.2) is 0 Å². The van der Waals surface area contributed by atoms with Crippen molar-refractivity contribution in [1.82, 2.24) is 20.2 Å². The molecule has 0 aliphatic carbocycles. The Kier molecular flexibility index (Phi) is 1.90. The number of carbonyl (C=O) groups is 2. The van der Waals surface area contributed by atoms with Crippen molar-refractivity contribution in [2.75, 3.05) is 0 Å². The molecule has 0 spiro atoms. The molecule has 0 N–H and O–H groups in total. The minimum Gasteiger partial charge on any atom is -0.548 e. The number of tetrazole rings is 1. The van der Waals surface area contributed by atoms with Crippen LogP contribution in [0.25, 0.3) is 0 Å². The van der Waals surface area contributed by atoms with Gasteiger partial charge in [-0.05, 0) is 5.21 Å². The summed E-state index contributed by atoms with van der Waals surface area (Å²) < 4.78 is 0. The zero-order chi connectivity index (χ0) is 8.27. The zero-order valence-electron chi connectivity index (χ0n) is 5.30. The molecule has 0 atom stereocenters. The van der Waals surface area contributed by atoms with Crippen LogP contribution in [0.15, 0.2) is 0 Å². The molecule has 0 radical (unpaired) electrons. The molecule has 0 aliphatic heterocycles. The predicted molar refractivity (Wildman–Crippen MR) is 28.2 cm³/mol. The van der Waals surface area contributed by atoms with Gasteiger partial charge < -0.3 is 9.90 Å². The van der Waals surface area contributed by atoms with Crippen molar-refractivity contribution >= 4 is 12.3 Å². The van der Waals surface area contributed by atoms with Crippen LogP contribution in [0.1, 0.15) is 10.6 Å². The standard InChI is InChI=1S/C4H4N4O3/c9-2-3-5-7-8(6-3)1-4(10)11/h2H,1H2,(H,10,11)/p-1. The first-order valence-corrected chi connectivity index (χ1v) is 2.65. The maximum Gasteiger partial charge on any atom is 0.237 e. The number of carboxylic acids is 1. The van der Waals surface area contributed by atoms with Gasteiger partial charge in [0.05, 0.1) is 5.97 Å². The van der Waals surface area contributed by atoms with Crippen molar-refractivity contribution in [2.24, 2.45) is 0 Å². The van der Waals surface area contributed by atoms with Crippen LogP contribution in [0.4, 0.5) is 0 Å². The Labute approximate surface area is 60.6 Å². The fourth-order valence-electron chi connectivity index (χ4n) is 0.485.